The van der Waals surface area contributed by atoms with Crippen LogP contribution in [0, 0.1) is 18.6 Å². The molecule has 0 fully saturated rings. The van der Waals surface area contributed by atoms with E-state index in [4.69, 9.17) is 10.9 Å². The summed E-state index contributed by atoms with van der Waals surface area (Å²) >= 11 is 0. The van der Waals surface area contributed by atoms with Crippen molar-refractivity contribution in [2.75, 3.05) is 5.32 Å². The fourth-order valence-electron chi connectivity index (χ4n) is 1.58. The molecule has 0 saturated carbocycles. The summed E-state index contributed by atoms with van der Waals surface area (Å²) in [4.78, 5) is 0. The molecule has 0 amide bonds. The van der Waals surface area contributed by atoms with Crippen LogP contribution >= 0.6 is 0 Å². The van der Waals surface area contributed by atoms with Gasteiger partial charge in [0.2, 0.25) is 0 Å². The van der Waals surface area contributed by atoms with E-state index in [1.807, 2.05) is 6.92 Å². The Hall–Kier alpha value is -1.85. The fraction of sp³-hybridized carbons (Fsp3) is 0.417. The third-order valence-corrected chi connectivity index (χ3v) is 2.71. The Morgan fingerprint density at radius 1 is 1.50 bits per heavy atom. The predicted octanol–water partition coefficient (Wildman–Crippen LogP) is 2.60. The second kappa shape index (κ2) is 6.18. The number of nitrogens with two attached hydrogens (primary N) is 1. The van der Waals surface area contributed by atoms with Crippen molar-refractivity contribution in [3.8, 4) is 0 Å². The lowest BCUT2D eigenvalue weighted by molar-refractivity contribution is 0.316. The summed E-state index contributed by atoms with van der Waals surface area (Å²) in [6.45, 7) is 3.40. The maximum absolute atomic E-state index is 13.8. The van der Waals surface area contributed by atoms with Gasteiger partial charge in [0.05, 0.1) is 0 Å². The molecule has 100 valence electrons. The average Bonchev–Trinajstić information content (AvgIpc) is 2.37. The van der Waals surface area contributed by atoms with Gasteiger partial charge in [-0.1, -0.05) is 18.1 Å². The average molecular weight is 257 g/mol. The van der Waals surface area contributed by atoms with E-state index in [0.29, 0.717) is 12.0 Å². The van der Waals surface area contributed by atoms with E-state index in [9.17, 15) is 8.78 Å². The Morgan fingerprint density at radius 2 is 2.17 bits per heavy atom. The Balaban J connectivity index is 2.91. The molecule has 4 N–H and O–H groups in total. The smallest absolute Gasteiger partial charge is 0.152 e. The molecule has 6 heteroatoms. The first-order chi connectivity index (χ1) is 8.49. The van der Waals surface area contributed by atoms with Gasteiger partial charge in [0.15, 0.2) is 5.82 Å². The van der Waals surface area contributed by atoms with Crippen LogP contribution in [-0.2, 0) is 0 Å². The molecule has 18 heavy (non-hydrogen) atoms. The molecule has 0 aliphatic rings. The van der Waals surface area contributed by atoms with Crippen LogP contribution in [0.2, 0.25) is 0 Å². The molecule has 1 aromatic rings. The molecule has 0 aliphatic carbocycles. The molecule has 0 bridgehead atoms. The SMILES string of the molecule is CCC(C/C(N)=N/O)Nc1c(F)ccc(C)c1F. The highest BCUT2D eigenvalue weighted by atomic mass is 19.1. The highest BCUT2D eigenvalue weighted by Gasteiger charge is 2.16. The second-order valence-electron chi connectivity index (χ2n) is 4.10. The number of hydrogen-bond acceptors (Lipinski definition) is 3. The highest BCUT2D eigenvalue weighted by molar-refractivity contribution is 5.80. The van der Waals surface area contributed by atoms with E-state index in [1.54, 1.807) is 6.92 Å². The van der Waals surface area contributed by atoms with Crippen molar-refractivity contribution in [2.24, 2.45) is 10.9 Å². The lowest BCUT2D eigenvalue weighted by atomic mass is 10.1. The van der Waals surface area contributed by atoms with E-state index in [1.165, 1.54) is 12.1 Å². The number of benzene rings is 1. The van der Waals surface area contributed by atoms with Crippen molar-refractivity contribution in [1.82, 2.24) is 0 Å². The van der Waals surface area contributed by atoms with Gasteiger partial charge in [-0.15, -0.1) is 0 Å². The summed E-state index contributed by atoms with van der Waals surface area (Å²) in [5.74, 6) is -1.26. The van der Waals surface area contributed by atoms with Crippen molar-refractivity contribution in [2.45, 2.75) is 32.7 Å². The zero-order valence-electron chi connectivity index (χ0n) is 10.4. The van der Waals surface area contributed by atoms with Crippen molar-refractivity contribution >= 4 is 11.5 Å². The van der Waals surface area contributed by atoms with Crippen LogP contribution in [0.4, 0.5) is 14.5 Å². The number of rotatable bonds is 5. The summed E-state index contributed by atoms with van der Waals surface area (Å²) in [7, 11) is 0. The van der Waals surface area contributed by atoms with Gasteiger partial charge >= 0.3 is 0 Å². The van der Waals surface area contributed by atoms with Crippen LogP contribution in [-0.4, -0.2) is 17.1 Å². The maximum Gasteiger partial charge on any atom is 0.152 e. The minimum absolute atomic E-state index is 0.0165. The van der Waals surface area contributed by atoms with E-state index < -0.39 is 11.6 Å². The Kier molecular flexibility index (Phi) is 4.88. The third kappa shape index (κ3) is 3.32. The van der Waals surface area contributed by atoms with Crippen LogP contribution in [0.1, 0.15) is 25.3 Å². The van der Waals surface area contributed by atoms with Crippen molar-refractivity contribution < 1.29 is 14.0 Å². The molecule has 0 aromatic heterocycles. The summed E-state index contributed by atoms with van der Waals surface area (Å²) in [6.07, 6.45) is 0.795. The number of halogens is 2. The molecule has 0 spiro atoms. The van der Waals surface area contributed by atoms with Gasteiger partial charge in [0, 0.05) is 12.5 Å². The molecule has 1 rings (SSSR count). The van der Waals surface area contributed by atoms with Gasteiger partial charge in [-0.05, 0) is 25.0 Å². The number of nitrogens with zero attached hydrogens (tertiary/aromatic N) is 1. The van der Waals surface area contributed by atoms with Crippen LogP contribution in [0.5, 0.6) is 0 Å². The van der Waals surface area contributed by atoms with Gasteiger partial charge < -0.3 is 16.3 Å². The molecule has 1 atom stereocenters. The van der Waals surface area contributed by atoms with Crippen LogP contribution in [0.15, 0.2) is 17.3 Å². The van der Waals surface area contributed by atoms with Crippen LogP contribution in [0.3, 0.4) is 0 Å². The van der Waals surface area contributed by atoms with E-state index in [-0.39, 0.29) is 24.0 Å². The first-order valence-corrected chi connectivity index (χ1v) is 5.67. The van der Waals surface area contributed by atoms with E-state index in [0.717, 1.165) is 0 Å². The highest BCUT2D eigenvalue weighted by Crippen LogP contribution is 2.23. The van der Waals surface area contributed by atoms with Gasteiger partial charge in [-0.25, -0.2) is 8.78 Å². The monoisotopic (exact) mass is 257 g/mol. The number of hydrogen-bond donors (Lipinski definition) is 3. The molecular weight excluding hydrogens is 240 g/mol. The zero-order valence-corrected chi connectivity index (χ0v) is 10.4. The zero-order chi connectivity index (χ0) is 13.7. The molecular formula is C12H17F2N3O. The first-order valence-electron chi connectivity index (χ1n) is 5.67. The quantitative estimate of drug-likeness (QED) is 0.328. The lowest BCUT2D eigenvalue weighted by Gasteiger charge is -2.19. The Morgan fingerprint density at radius 3 is 2.72 bits per heavy atom. The van der Waals surface area contributed by atoms with E-state index in [2.05, 4.69) is 10.5 Å². The van der Waals surface area contributed by atoms with Crippen molar-refractivity contribution in [3.63, 3.8) is 0 Å². The Bertz CT molecular complexity index is 449. The molecule has 0 radical (unpaired) electrons. The molecule has 1 aromatic carbocycles. The number of oxime groups is 1. The van der Waals surface area contributed by atoms with Gasteiger partial charge in [-0.3, -0.25) is 0 Å². The normalized spacial score (nSPS) is 13.4. The number of anilines is 1. The molecule has 4 nitrogen and oxygen atoms in total. The molecule has 0 heterocycles. The largest absolute Gasteiger partial charge is 0.409 e. The minimum Gasteiger partial charge on any atom is -0.409 e. The van der Waals surface area contributed by atoms with Gasteiger partial charge in [0.25, 0.3) is 0 Å². The lowest BCUT2D eigenvalue weighted by Crippen LogP contribution is -2.27. The minimum atomic E-state index is -0.656. The molecule has 0 saturated heterocycles. The van der Waals surface area contributed by atoms with Crippen LogP contribution < -0.4 is 11.1 Å². The van der Waals surface area contributed by atoms with Crippen LogP contribution in [0.25, 0.3) is 0 Å². The Labute approximate surface area is 104 Å². The second-order valence-corrected chi connectivity index (χ2v) is 4.10. The summed E-state index contributed by atoms with van der Waals surface area (Å²) < 4.78 is 27.3. The number of aryl methyl sites for hydroxylation is 1. The number of nitrogens with one attached hydrogen (secondary N) is 1. The predicted molar refractivity (Wildman–Crippen MR) is 66.8 cm³/mol. The third-order valence-electron chi connectivity index (χ3n) is 2.71. The first kappa shape index (κ1) is 14.2. The summed E-state index contributed by atoms with van der Waals surface area (Å²) in [5.41, 5.74) is 5.57. The standard InChI is InChI=1S/C12H17F2N3O/c1-3-8(6-10(15)17-18)16-12-9(13)5-4-7(2)11(12)14/h4-5,8,16,18H,3,6H2,1-2H3,(H2,15,17). The molecule has 0 aliphatic heterocycles. The van der Waals surface area contributed by atoms with Crippen molar-refractivity contribution in [3.05, 3.63) is 29.3 Å². The maximum atomic E-state index is 13.8. The van der Waals surface area contributed by atoms with Gasteiger partial charge in [0.1, 0.15) is 17.3 Å². The summed E-state index contributed by atoms with van der Waals surface area (Å²) in [5, 5.41) is 14.1. The number of amidine groups is 1. The fourth-order valence-corrected chi connectivity index (χ4v) is 1.58. The van der Waals surface area contributed by atoms with E-state index >= 15 is 0 Å². The topological polar surface area (TPSA) is 70.6 Å². The van der Waals surface area contributed by atoms with Gasteiger partial charge in [-0.2, -0.15) is 0 Å². The molecule has 1 unspecified atom stereocenters. The summed E-state index contributed by atoms with van der Waals surface area (Å²) in [6, 6.07) is 2.28. The van der Waals surface area contributed by atoms with Crippen molar-refractivity contribution in [1.29, 1.82) is 0 Å².